The smallest absolute Gasteiger partial charge is 0.156 e. The molecule has 1 aromatic carbocycles. The lowest BCUT2D eigenvalue weighted by Crippen LogP contribution is -2.15. The van der Waals surface area contributed by atoms with Crippen molar-refractivity contribution in [2.45, 2.75) is 13.1 Å². The number of para-hydroxylation sites is 1. The molecule has 2 N–H and O–H groups in total. The van der Waals surface area contributed by atoms with Crippen LogP contribution in [0, 0.1) is 0 Å². The van der Waals surface area contributed by atoms with Crippen LogP contribution in [0.1, 0.15) is 11.5 Å². The molecule has 0 amide bonds. The minimum Gasteiger partial charge on any atom is -0.367 e. The molecule has 1 heterocycles. The highest BCUT2D eigenvalue weighted by molar-refractivity contribution is 5.45. The van der Waals surface area contributed by atoms with Crippen molar-refractivity contribution in [3.8, 4) is 0 Å². The van der Waals surface area contributed by atoms with E-state index in [4.69, 9.17) is 10.3 Å². The molecule has 0 aliphatic heterocycles. The fourth-order valence-corrected chi connectivity index (χ4v) is 1.53. The quantitative estimate of drug-likeness (QED) is 0.848. The lowest BCUT2D eigenvalue weighted by atomic mass is 10.3. The Hall–Kier alpha value is -1.81. The lowest BCUT2D eigenvalue weighted by Gasteiger charge is -2.16. The summed E-state index contributed by atoms with van der Waals surface area (Å²) in [5, 5.41) is 3.85. The summed E-state index contributed by atoms with van der Waals surface area (Å²) in [6.07, 6.45) is 0. The fraction of sp³-hybridized carbons (Fsp3) is 0.250. The SMILES string of the molecule is CN(Cc1cc(CN)no1)c1ccccc1. The summed E-state index contributed by atoms with van der Waals surface area (Å²) in [5.74, 6) is 0.826. The Morgan fingerprint density at radius 3 is 2.69 bits per heavy atom. The van der Waals surface area contributed by atoms with E-state index in [1.165, 1.54) is 0 Å². The summed E-state index contributed by atoms with van der Waals surface area (Å²) in [4.78, 5) is 2.10. The first kappa shape index (κ1) is 10.7. The molecule has 0 atom stereocenters. The monoisotopic (exact) mass is 217 g/mol. The van der Waals surface area contributed by atoms with Gasteiger partial charge in [0.05, 0.1) is 12.2 Å². The van der Waals surface area contributed by atoms with Gasteiger partial charge in [-0.25, -0.2) is 0 Å². The van der Waals surface area contributed by atoms with Crippen LogP contribution < -0.4 is 10.6 Å². The topological polar surface area (TPSA) is 55.3 Å². The third-order valence-electron chi connectivity index (χ3n) is 2.41. The zero-order valence-electron chi connectivity index (χ0n) is 9.26. The Bertz CT molecular complexity index is 439. The van der Waals surface area contributed by atoms with Gasteiger partial charge in [0.2, 0.25) is 0 Å². The largest absolute Gasteiger partial charge is 0.367 e. The van der Waals surface area contributed by atoms with Gasteiger partial charge in [0.1, 0.15) is 0 Å². The molecule has 0 spiro atoms. The molecule has 4 heteroatoms. The van der Waals surface area contributed by atoms with Crippen molar-refractivity contribution >= 4 is 5.69 Å². The first-order valence-electron chi connectivity index (χ1n) is 5.20. The molecule has 0 saturated carbocycles. The first-order chi connectivity index (χ1) is 7.79. The molecule has 0 radical (unpaired) electrons. The zero-order chi connectivity index (χ0) is 11.4. The van der Waals surface area contributed by atoms with Gasteiger partial charge in [0, 0.05) is 25.3 Å². The van der Waals surface area contributed by atoms with Crippen LogP contribution in [-0.2, 0) is 13.1 Å². The van der Waals surface area contributed by atoms with Crippen molar-refractivity contribution < 1.29 is 4.52 Å². The Morgan fingerprint density at radius 2 is 2.06 bits per heavy atom. The van der Waals surface area contributed by atoms with Crippen LogP contribution in [0.15, 0.2) is 40.9 Å². The summed E-state index contributed by atoms with van der Waals surface area (Å²) < 4.78 is 5.18. The average molecular weight is 217 g/mol. The van der Waals surface area contributed by atoms with Gasteiger partial charge in [-0.3, -0.25) is 0 Å². The van der Waals surface area contributed by atoms with Crippen LogP contribution in [0.4, 0.5) is 5.69 Å². The molecule has 0 fully saturated rings. The first-order valence-corrected chi connectivity index (χ1v) is 5.20. The maximum atomic E-state index is 5.47. The highest BCUT2D eigenvalue weighted by Crippen LogP contribution is 2.14. The highest BCUT2D eigenvalue weighted by atomic mass is 16.5. The van der Waals surface area contributed by atoms with Gasteiger partial charge in [0.15, 0.2) is 5.76 Å². The second-order valence-electron chi connectivity index (χ2n) is 3.68. The van der Waals surface area contributed by atoms with Crippen molar-refractivity contribution in [3.63, 3.8) is 0 Å². The van der Waals surface area contributed by atoms with Crippen LogP contribution in [0.2, 0.25) is 0 Å². The summed E-state index contributed by atoms with van der Waals surface area (Å²) in [6.45, 7) is 1.11. The number of rotatable bonds is 4. The summed E-state index contributed by atoms with van der Waals surface area (Å²) >= 11 is 0. The van der Waals surface area contributed by atoms with Gasteiger partial charge in [-0.1, -0.05) is 23.4 Å². The molecule has 0 aliphatic carbocycles. The minimum atomic E-state index is 0.415. The molecule has 0 saturated heterocycles. The molecule has 2 aromatic rings. The normalized spacial score (nSPS) is 10.4. The summed E-state index contributed by atoms with van der Waals surface area (Å²) in [5.41, 5.74) is 7.40. The minimum absolute atomic E-state index is 0.415. The van der Waals surface area contributed by atoms with Crippen LogP contribution in [0.3, 0.4) is 0 Å². The summed E-state index contributed by atoms with van der Waals surface area (Å²) in [6, 6.07) is 12.0. The van der Waals surface area contributed by atoms with E-state index in [-0.39, 0.29) is 0 Å². The standard InChI is InChI=1S/C12H15N3O/c1-15(11-5-3-2-4-6-11)9-12-7-10(8-13)14-16-12/h2-7H,8-9,13H2,1H3. The molecular formula is C12H15N3O. The Labute approximate surface area is 94.6 Å². The number of aromatic nitrogens is 1. The van der Waals surface area contributed by atoms with E-state index in [9.17, 15) is 0 Å². The van der Waals surface area contributed by atoms with E-state index < -0.39 is 0 Å². The van der Waals surface area contributed by atoms with Crippen LogP contribution in [0.5, 0.6) is 0 Å². The molecule has 16 heavy (non-hydrogen) atoms. The number of anilines is 1. The number of nitrogens with two attached hydrogens (primary N) is 1. The van der Waals surface area contributed by atoms with Gasteiger partial charge < -0.3 is 15.2 Å². The van der Waals surface area contributed by atoms with Crippen molar-refractivity contribution in [1.29, 1.82) is 0 Å². The maximum Gasteiger partial charge on any atom is 0.156 e. The van der Waals surface area contributed by atoms with Gasteiger partial charge in [-0.15, -0.1) is 0 Å². The van der Waals surface area contributed by atoms with E-state index in [1.807, 2.05) is 31.3 Å². The highest BCUT2D eigenvalue weighted by Gasteiger charge is 2.06. The van der Waals surface area contributed by atoms with Gasteiger partial charge in [0.25, 0.3) is 0 Å². The van der Waals surface area contributed by atoms with Gasteiger partial charge >= 0.3 is 0 Å². The van der Waals surface area contributed by atoms with Crippen molar-refractivity contribution in [3.05, 3.63) is 47.9 Å². The molecule has 0 bridgehead atoms. The van der Waals surface area contributed by atoms with Crippen LogP contribution in [-0.4, -0.2) is 12.2 Å². The molecule has 4 nitrogen and oxygen atoms in total. The van der Waals surface area contributed by atoms with Crippen molar-refractivity contribution in [1.82, 2.24) is 5.16 Å². The summed E-state index contributed by atoms with van der Waals surface area (Å²) in [7, 11) is 2.01. The van der Waals surface area contributed by atoms with Crippen molar-refractivity contribution in [2.75, 3.05) is 11.9 Å². The van der Waals surface area contributed by atoms with E-state index in [2.05, 4.69) is 22.2 Å². The molecule has 1 aromatic heterocycles. The third-order valence-corrected chi connectivity index (χ3v) is 2.41. The van der Waals surface area contributed by atoms with Crippen LogP contribution in [0.25, 0.3) is 0 Å². The van der Waals surface area contributed by atoms with E-state index in [0.29, 0.717) is 13.1 Å². The predicted molar refractivity (Wildman–Crippen MR) is 62.9 cm³/mol. The number of hydrogen-bond donors (Lipinski definition) is 1. The Kier molecular flexibility index (Phi) is 3.22. The Morgan fingerprint density at radius 1 is 1.31 bits per heavy atom. The van der Waals surface area contributed by atoms with Crippen LogP contribution >= 0.6 is 0 Å². The Balaban J connectivity index is 2.05. The molecule has 0 unspecified atom stereocenters. The third kappa shape index (κ3) is 2.41. The predicted octanol–water partition coefficient (Wildman–Crippen LogP) is 1.77. The molecule has 84 valence electrons. The molecular weight excluding hydrogens is 202 g/mol. The van der Waals surface area contributed by atoms with E-state index in [0.717, 1.165) is 17.1 Å². The van der Waals surface area contributed by atoms with Gasteiger partial charge in [-0.2, -0.15) is 0 Å². The second-order valence-corrected chi connectivity index (χ2v) is 3.68. The van der Waals surface area contributed by atoms with E-state index in [1.54, 1.807) is 0 Å². The number of nitrogens with zero attached hydrogens (tertiary/aromatic N) is 2. The van der Waals surface area contributed by atoms with Gasteiger partial charge in [-0.05, 0) is 12.1 Å². The second kappa shape index (κ2) is 4.81. The average Bonchev–Trinajstić information content (AvgIpc) is 2.78. The molecule has 2 rings (SSSR count). The zero-order valence-corrected chi connectivity index (χ0v) is 9.26. The lowest BCUT2D eigenvalue weighted by molar-refractivity contribution is 0.377. The number of benzene rings is 1. The number of hydrogen-bond acceptors (Lipinski definition) is 4. The maximum absolute atomic E-state index is 5.47. The van der Waals surface area contributed by atoms with Crippen molar-refractivity contribution in [2.24, 2.45) is 5.73 Å². The molecule has 0 aliphatic rings. The fourth-order valence-electron chi connectivity index (χ4n) is 1.53. The van der Waals surface area contributed by atoms with E-state index >= 15 is 0 Å².